The van der Waals surface area contributed by atoms with Gasteiger partial charge in [-0.05, 0) is 25.3 Å². The van der Waals surface area contributed by atoms with Crippen LogP contribution in [0, 0.1) is 5.82 Å². The molecule has 0 saturated heterocycles. The highest BCUT2D eigenvalue weighted by molar-refractivity contribution is 5.95. The minimum Gasteiger partial charge on any atom is -0.395 e. The Morgan fingerprint density at radius 1 is 1.63 bits per heavy atom. The van der Waals surface area contributed by atoms with Crippen molar-refractivity contribution in [1.82, 2.24) is 9.88 Å². The van der Waals surface area contributed by atoms with E-state index in [0.29, 0.717) is 0 Å². The minimum atomic E-state index is -0.641. The number of pyridine rings is 1. The smallest absolute Gasteiger partial charge is 0.257 e. The van der Waals surface area contributed by atoms with Crippen LogP contribution in [0.15, 0.2) is 12.3 Å². The van der Waals surface area contributed by atoms with Gasteiger partial charge in [0.25, 0.3) is 5.91 Å². The van der Waals surface area contributed by atoms with E-state index in [4.69, 9.17) is 5.11 Å². The number of carbonyl (C=O) groups is 1. The van der Waals surface area contributed by atoms with Gasteiger partial charge in [-0.15, -0.1) is 0 Å². The molecule has 1 aliphatic rings. The molecule has 0 atom stereocenters. The lowest BCUT2D eigenvalue weighted by Gasteiger charge is -2.37. The van der Waals surface area contributed by atoms with Crippen molar-refractivity contribution in [3.63, 3.8) is 0 Å². The highest BCUT2D eigenvalue weighted by Crippen LogP contribution is 2.27. The van der Waals surface area contributed by atoms with E-state index in [1.807, 2.05) is 0 Å². The summed E-state index contributed by atoms with van der Waals surface area (Å²) in [6, 6.07) is 1.49. The van der Waals surface area contributed by atoms with Crippen molar-refractivity contribution < 1.29 is 14.3 Å². The van der Waals surface area contributed by atoms with Crippen LogP contribution < -0.4 is 5.32 Å². The molecule has 6 heteroatoms. The minimum absolute atomic E-state index is 0.000278. The van der Waals surface area contributed by atoms with Crippen LogP contribution in [0.25, 0.3) is 0 Å². The molecule has 5 nitrogen and oxygen atoms in total. The quantitative estimate of drug-likeness (QED) is 0.842. The van der Waals surface area contributed by atoms with Gasteiger partial charge in [0.2, 0.25) is 0 Å². The van der Waals surface area contributed by atoms with Crippen LogP contribution in [0.4, 0.5) is 10.2 Å². The van der Waals surface area contributed by atoms with Crippen molar-refractivity contribution in [1.29, 1.82) is 0 Å². The van der Waals surface area contributed by atoms with Crippen LogP contribution in [0.5, 0.6) is 0 Å². The molecule has 0 aliphatic heterocycles. The summed E-state index contributed by atoms with van der Waals surface area (Å²) in [5, 5.41) is 11.7. The number of rotatable bonds is 5. The molecule has 1 aromatic heterocycles. The molecule has 0 unspecified atom stereocenters. The van der Waals surface area contributed by atoms with Crippen LogP contribution in [0.1, 0.15) is 29.6 Å². The topological polar surface area (TPSA) is 65.5 Å². The monoisotopic (exact) mass is 267 g/mol. The van der Waals surface area contributed by atoms with E-state index < -0.39 is 5.82 Å². The zero-order valence-electron chi connectivity index (χ0n) is 10.9. The van der Waals surface area contributed by atoms with Crippen molar-refractivity contribution in [3.05, 3.63) is 23.6 Å². The van der Waals surface area contributed by atoms with Gasteiger partial charge in [-0.25, -0.2) is 9.37 Å². The predicted octanol–water partition coefficient (Wildman–Crippen LogP) is 1.25. The number of aliphatic hydroxyl groups excluding tert-OH is 1. The molecular formula is C13H18FN3O2. The summed E-state index contributed by atoms with van der Waals surface area (Å²) in [6.45, 7) is 0.119. The number of aromatic nitrogens is 1. The zero-order chi connectivity index (χ0) is 13.8. The average molecular weight is 267 g/mol. The lowest BCUT2D eigenvalue weighted by Crippen LogP contribution is -2.46. The average Bonchev–Trinajstić information content (AvgIpc) is 2.35. The first-order valence-corrected chi connectivity index (χ1v) is 6.43. The summed E-state index contributed by atoms with van der Waals surface area (Å²) in [5.41, 5.74) is -0.000278. The Balaban J connectivity index is 2.25. The summed E-state index contributed by atoms with van der Waals surface area (Å²) >= 11 is 0. The lowest BCUT2D eigenvalue weighted by molar-refractivity contribution is 0.0521. The molecule has 1 aromatic rings. The maximum Gasteiger partial charge on any atom is 0.257 e. The fourth-order valence-electron chi connectivity index (χ4n) is 2.19. The van der Waals surface area contributed by atoms with Gasteiger partial charge < -0.3 is 15.3 Å². The molecule has 1 heterocycles. The number of aliphatic hydroxyl groups is 1. The molecule has 0 spiro atoms. The van der Waals surface area contributed by atoms with Crippen molar-refractivity contribution in [3.8, 4) is 0 Å². The first-order valence-electron chi connectivity index (χ1n) is 6.43. The summed E-state index contributed by atoms with van der Waals surface area (Å²) in [6.07, 6.45) is 4.30. The fraction of sp³-hybridized carbons (Fsp3) is 0.538. The summed E-state index contributed by atoms with van der Waals surface area (Å²) in [5.74, 6) is -0.962. The second kappa shape index (κ2) is 5.97. The lowest BCUT2D eigenvalue weighted by atomic mass is 9.91. The van der Waals surface area contributed by atoms with Gasteiger partial charge in [-0.3, -0.25) is 4.79 Å². The Labute approximate surface area is 111 Å². The Hall–Kier alpha value is -1.69. The molecular weight excluding hydrogens is 249 g/mol. The number of nitrogens with zero attached hydrogens (tertiary/aromatic N) is 2. The van der Waals surface area contributed by atoms with Crippen molar-refractivity contribution in [2.45, 2.75) is 25.3 Å². The van der Waals surface area contributed by atoms with Gasteiger partial charge in [0.05, 0.1) is 12.2 Å². The van der Waals surface area contributed by atoms with Gasteiger partial charge in [-0.2, -0.15) is 0 Å². The molecule has 0 radical (unpaired) electrons. The van der Waals surface area contributed by atoms with E-state index in [2.05, 4.69) is 10.3 Å². The summed E-state index contributed by atoms with van der Waals surface area (Å²) < 4.78 is 14.1. The summed E-state index contributed by atoms with van der Waals surface area (Å²) in [7, 11) is 1.55. The standard InChI is InChI=1S/C13H18FN3O2/c1-15-12-11(14)10(5-6-16-12)13(19)17(7-8-18)9-3-2-4-9/h5-6,9,18H,2-4,7-8H2,1H3,(H,15,16). The van der Waals surface area contributed by atoms with E-state index >= 15 is 0 Å². The number of anilines is 1. The van der Waals surface area contributed by atoms with E-state index in [9.17, 15) is 9.18 Å². The number of halogens is 1. The van der Waals surface area contributed by atoms with Crippen molar-refractivity contribution in [2.75, 3.05) is 25.5 Å². The first kappa shape index (κ1) is 13.7. The molecule has 2 rings (SSSR count). The largest absolute Gasteiger partial charge is 0.395 e. The van der Waals surface area contributed by atoms with Crippen LogP contribution in [-0.4, -0.2) is 47.1 Å². The van der Waals surface area contributed by atoms with Gasteiger partial charge in [0, 0.05) is 25.8 Å². The Bertz CT molecular complexity index is 463. The van der Waals surface area contributed by atoms with E-state index in [0.717, 1.165) is 19.3 Å². The van der Waals surface area contributed by atoms with Crippen molar-refractivity contribution in [2.24, 2.45) is 0 Å². The fourth-order valence-corrected chi connectivity index (χ4v) is 2.19. The molecule has 1 saturated carbocycles. The molecule has 2 N–H and O–H groups in total. The number of amides is 1. The Morgan fingerprint density at radius 3 is 2.89 bits per heavy atom. The Kier molecular flexibility index (Phi) is 4.31. The number of nitrogens with one attached hydrogen (secondary N) is 1. The first-order chi connectivity index (χ1) is 9.19. The maximum atomic E-state index is 14.1. The van der Waals surface area contributed by atoms with E-state index in [-0.39, 0.29) is 36.5 Å². The zero-order valence-corrected chi connectivity index (χ0v) is 10.9. The normalized spacial score (nSPS) is 14.9. The molecule has 0 bridgehead atoms. The second-order valence-corrected chi connectivity index (χ2v) is 4.58. The van der Waals surface area contributed by atoms with Gasteiger partial charge in [0.15, 0.2) is 11.6 Å². The number of hydrogen-bond acceptors (Lipinski definition) is 4. The maximum absolute atomic E-state index is 14.1. The van der Waals surface area contributed by atoms with E-state index in [1.165, 1.54) is 12.3 Å². The molecule has 0 aromatic carbocycles. The van der Waals surface area contributed by atoms with Gasteiger partial charge >= 0.3 is 0 Å². The molecule has 1 aliphatic carbocycles. The van der Waals surface area contributed by atoms with Crippen LogP contribution in [0.2, 0.25) is 0 Å². The molecule has 104 valence electrons. The highest BCUT2D eigenvalue weighted by Gasteiger charge is 2.30. The summed E-state index contributed by atoms with van der Waals surface area (Å²) in [4.78, 5) is 17.8. The SMILES string of the molecule is CNc1nccc(C(=O)N(CCO)C2CCC2)c1F. The Morgan fingerprint density at radius 2 is 2.37 bits per heavy atom. The third kappa shape index (κ3) is 2.68. The van der Waals surface area contributed by atoms with E-state index in [1.54, 1.807) is 11.9 Å². The van der Waals surface area contributed by atoms with Crippen LogP contribution in [-0.2, 0) is 0 Å². The number of carbonyl (C=O) groups excluding carboxylic acids is 1. The molecule has 1 amide bonds. The third-order valence-electron chi connectivity index (χ3n) is 3.47. The second-order valence-electron chi connectivity index (χ2n) is 4.58. The van der Waals surface area contributed by atoms with Crippen LogP contribution in [0.3, 0.4) is 0 Å². The van der Waals surface area contributed by atoms with Gasteiger partial charge in [-0.1, -0.05) is 0 Å². The molecule has 1 fully saturated rings. The predicted molar refractivity (Wildman–Crippen MR) is 69.5 cm³/mol. The van der Waals surface area contributed by atoms with Crippen molar-refractivity contribution >= 4 is 11.7 Å². The number of hydrogen-bond donors (Lipinski definition) is 2. The van der Waals surface area contributed by atoms with Gasteiger partial charge in [0.1, 0.15) is 0 Å². The highest BCUT2D eigenvalue weighted by atomic mass is 19.1. The molecule has 19 heavy (non-hydrogen) atoms. The van der Waals surface area contributed by atoms with Crippen LogP contribution >= 0.6 is 0 Å². The third-order valence-corrected chi connectivity index (χ3v) is 3.47.